The largest absolute Gasteiger partial charge is 0.268 e. The number of hydrogen-bond donors (Lipinski definition) is 2. The maximum Gasteiger partial charge on any atom is -0.0191 e. The standard InChI is InChI=1S/H6N2P2/c1-2-4-3/h2,4H,1,3H2. The van der Waals surface area contributed by atoms with Gasteiger partial charge < -0.3 is 0 Å². The lowest BCUT2D eigenvalue weighted by Gasteiger charge is -1.77. The molecule has 4 heavy (non-hydrogen) atoms. The summed E-state index contributed by atoms with van der Waals surface area (Å²) >= 11 is 0. The Balaban J connectivity index is 1.97. The molecule has 0 bridgehead atoms. The van der Waals surface area contributed by atoms with Crippen LogP contribution in [-0.4, -0.2) is 0 Å². The summed E-state index contributed by atoms with van der Waals surface area (Å²) in [6.45, 7) is 0. The van der Waals surface area contributed by atoms with Crippen LogP contribution in [0.2, 0.25) is 0 Å². The molecule has 2 atom stereocenters. The Bertz CT molecular complexity index is 6.00. The zero-order valence-electron chi connectivity index (χ0n) is 2.15. The number of nitrogens with one attached hydrogen (secondary N) is 1. The zero-order valence-corrected chi connectivity index (χ0v) is 4.31. The molecule has 2 nitrogen and oxygen atoms in total. The van der Waals surface area contributed by atoms with Crippen molar-refractivity contribution in [3.8, 4) is 0 Å². The van der Waals surface area contributed by atoms with E-state index >= 15 is 0 Å². The fraction of sp³-hybridized carbons (Fsp3) is 0. The summed E-state index contributed by atoms with van der Waals surface area (Å²) in [6.07, 6.45) is 0. The van der Waals surface area contributed by atoms with Crippen LogP contribution >= 0.6 is 17.3 Å². The molecule has 0 spiro atoms. The smallest absolute Gasteiger partial charge is 0.0191 e. The van der Waals surface area contributed by atoms with Gasteiger partial charge in [0, 0.05) is 0 Å². The third-order valence-electron chi connectivity index (χ3n) is 0.0833. The van der Waals surface area contributed by atoms with Gasteiger partial charge in [0.25, 0.3) is 0 Å². The van der Waals surface area contributed by atoms with E-state index in [1.807, 2.05) is 0 Å². The topological polar surface area (TPSA) is 38.0 Å². The van der Waals surface area contributed by atoms with Gasteiger partial charge in [0.05, 0.1) is 0 Å². The summed E-state index contributed by atoms with van der Waals surface area (Å²) in [5.41, 5.74) is 0. The van der Waals surface area contributed by atoms with E-state index in [2.05, 4.69) is 14.1 Å². The van der Waals surface area contributed by atoms with Crippen molar-refractivity contribution in [1.82, 2.24) is 5.20 Å². The second kappa shape index (κ2) is 3.78. The number of hydrazine groups is 1. The third-order valence-corrected chi connectivity index (χ3v) is 0.750. The van der Waals surface area contributed by atoms with Crippen molar-refractivity contribution in [2.45, 2.75) is 0 Å². The lowest BCUT2D eigenvalue weighted by Crippen LogP contribution is -2.06. The summed E-state index contributed by atoms with van der Waals surface area (Å²) in [5.74, 6) is 4.77. The van der Waals surface area contributed by atoms with Crippen LogP contribution in [0.4, 0.5) is 0 Å². The van der Waals surface area contributed by atoms with Crippen LogP contribution in [0.3, 0.4) is 0 Å². The highest BCUT2D eigenvalue weighted by atomic mass is 32.0. The Morgan fingerprint density at radius 2 is 2.25 bits per heavy atom. The maximum absolute atomic E-state index is 4.77. The molecule has 0 amide bonds. The van der Waals surface area contributed by atoms with Crippen LogP contribution in [0.25, 0.3) is 0 Å². The lowest BCUT2D eigenvalue weighted by molar-refractivity contribution is 1.12. The van der Waals surface area contributed by atoms with Crippen molar-refractivity contribution in [2.75, 3.05) is 0 Å². The second-order valence-corrected chi connectivity index (χ2v) is 1.73. The van der Waals surface area contributed by atoms with Gasteiger partial charge in [-0.2, -0.15) is 0 Å². The Hall–Kier alpha value is 0.780. The second-order valence-electron chi connectivity index (χ2n) is 0.289. The molecule has 0 aliphatic rings. The molecule has 0 heterocycles. The minimum absolute atomic E-state index is 0.585. The first kappa shape index (κ1) is 4.78. The van der Waals surface area contributed by atoms with Crippen molar-refractivity contribution in [1.29, 1.82) is 0 Å². The molecule has 0 saturated carbocycles. The SMILES string of the molecule is NNPP. The summed E-state index contributed by atoms with van der Waals surface area (Å²) in [6, 6.07) is 0. The Labute approximate surface area is 29.4 Å². The lowest BCUT2D eigenvalue weighted by atomic mass is 13.0. The van der Waals surface area contributed by atoms with E-state index < -0.39 is 0 Å². The van der Waals surface area contributed by atoms with E-state index in [9.17, 15) is 0 Å². The van der Waals surface area contributed by atoms with Gasteiger partial charge in [-0.25, -0.2) is 5.20 Å². The van der Waals surface area contributed by atoms with E-state index in [1.54, 1.807) is 0 Å². The first-order chi connectivity index (χ1) is 1.91. The highest BCUT2D eigenvalue weighted by molar-refractivity contribution is 8.01. The van der Waals surface area contributed by atoms with Crippen LogP contribution in [0.5, 0.6) is 0 Å². The monoisotopic (exact) mass is 96.0 g/mol. The summed E-state index contributed by atoms with van der Waals surface area (Å²) in [5, 5.41) is 2.42. The molecule has 0 aromatic carbocycles. The molecule has 0 aromatic rings. The molecule has 0 radical (unpaired) electrons. The molecule has 0 saturated heterocycles. The van der Waals surface area contributed by atoms with Crippen LogP contribution in [-0.2, 0) is 0 Å². The van der Waals surface area contributed by atoms with Crippen LogP contribution in [0.1, 0.15) is 0 Å². The van der Waals surface area contributed by atoms with E-state index in [0.29, 0.717) is 8.42 Å². The minimum Gasteiger partial charge on any atom is -0.268 e. The van der Waals surface area contributed by atoms with Crippen LogP contribution < -0.4 is 11.0 Å². The normalized spacial score (nSPS) is 10.5. The molecule has 4 heteroatoms. The fourth-order valence-electron chi connectivity index (χ4n) is 0. The summed E-state index contributed by atoms with van der Waals surface area (Å²) in [4.78, 5) is 0. The zero-order chi connectivity index (χ0) is 3.41. The molecule has 2 unspecified atom stereocenters. The summed E-state index contributed by atoms with van der Waals surface area (Å²) < 4.78 is 0. The van der Waals surface area contributed by atoms with Crippen LogP contribution in [0.15, 0.2) is 0 Å². The number of hydrogen-bond acceptors (Lipinski definition) is 2. The molecular weight excluding hydrogens is 90.0 g/mol. The molecule has 26 valence electrons. The Kier molecular flexibility index (Phi) is 4.52. The highest BCUT2D eigenvalue weighted by Crippen LogP contribution is 2.08. The maximum atomic E-state index is 4.77. The van der Waals surface area contributed by atoms with E-state index in [4.69, 9.17) is 5.84 Å². The average Bonchev–Trinajstić information content (AvgIpc) is 1.37. The predicted molar refractivity (Wildman–Crippen MR) is 25.3 cm³/mol. The first-order valence-corrected chi connectivity index (χ1v) is 3.64. The first-order valence-electron chi connectivity index (χ1n) is 0.827. The Morgan fingerprint density at radius 3 is 2.25 bits per heavy atom. The number of nitrogens with two attached hydrogens (primary N) is 1. The van der Waals surface area contributed by atoms with Crippen molar-refractivity contribution in [3.05, 3.63) is 0 Å². The van der Waals surface area contributed by atoms with Gasteiger partial charge >= 0.3 is 0 Å². The molecule has 0 aliphatic carbocycles. The average molecular weight is 96.0 g/mol. The van der Waals surface area contributed by atoms with Gasteiger partial charge in [-0.05, 0) is 8.42 Å². The molecule has 0 aliphatic heterocycles. The number of rotatable bonds is 1. The van der Waals surface area contributed by atoms with Crippen molar-refractivity contribution in [3.63, 3.8) is 0 Å². The van der Waals surface area contributed by atoms with Crippen molar-refractivity contribution in [2.24, 2.45) is 5.84 Å². The molecular formula is H6N2P2. The molecule has 0 rings (SSSR count). The van der Waals surface area contributed by atoms with Crippen LogP contribution in [0, 0.1) is 0 Å². The van der Waals surface area contributed by atoms with Crippen molar-refractivity contribution >= 4 is 17.3 Å². The van der Waals surface area contributed by atoms with E-state index in [-0.39, 0.29) is 0 Å². The van der Waals surface area contributed by atoms with Gasteiger partial charge in [-0.3, -0.25) is 5.84 Å². The Morgan fingerprint density at radius 1 is 2.00 bits per heavy atom. The quantitative estimate of drug-likeness (QED) is 0.270. The van der Waals surface area contributed by atoms with Gasteiger partial charge in [-0.15, -0.1) is 0 Å². The minimum atomic E-state index is 0.585. The third kappa shape index (κ3) is 2.78. The molecule has 0 fully saturated rings. The molecule has 0 aromatic heterocycles. The van der Waals surface area contributed by atoms with Gasteiger partial charge in [-0.1, -0.05) is 8.93 Å². The van der Waals surface area contributed by atoms with Gasteiger partial charge in [0.1, 0.15) is 0 Å². The summed E-state index contributed by atoms with van der Waals surface area (Å²) in [7, 11) is 3.03. The van der Waals surface area contributed by atoms with Gasteiger partial charge in [0.15, 0.2) is 0 Å². The van der Waals surface area contributed by atoms with Crippen molar-refractivity contribution < 1.29 is 0 Å². The van der Waals surface area contributed by atoms with Gasteiger partial charge in [0.2, 0.25) is 0 Å². The van der Waals surface area contributed by atoms with E-state index in [1.165, 1.54) is 0 Å². The predicted octanol–water partition coefficient (Wildman–Crippen LogP) is -0.167. The molecule has 3 N–H and O–H groups in total. The fourth-order valence-corrected chi connectivity index (χ4v) is 0. The highest BCUT2D eigenvalue weighted by Gasteiger charge is 1.48. The van der Waals surface area contributed by atoms with E-state index in [0.717, 1.165) is 0 Å².